The molecule has 1 aliphatic heterocycles. The van der Waals surface area contributed by atoms with Crippen molar-refractivity contribution in [3.05, 3.63) is 62.1 Å². The highest BCUT2D eigenvalue weighted by atomic mass is 79.9. The van der Waals surface area contributed by atoms with Gasteiger partial charge in [-0.25, -0.2) is 0 Å². The molecule has 0 spiro atoms. The number of rotatable bonds is 4. The second-order valence-corrected chi connectivity index (χ2v) is 6.50. The number of non-ortho nitro benzene ring substituents is 1. The molecule has 1 aliphatic rings. The van der Waals surface area contributed by atoms with Gasteiger partial charge >= 0.3 is 0 Å². The molecule has 3 rings (SSSR count). The molecule has 0 fully saturated rings. The molecule has 28 heavy (non-hydrogen) atoms. The quantitative estimate of drug-likeness (QED) is 0.319. The van der Waals surface area contributed by atoms with Crippen LogP contribution in [0.3, 0.4) is 0 Å². The number of benzene rings is 2. The Kier molecular flexibility index (Phi) is 5.32. The molecule has 0 radical (unpaired) electrons. The molecule has 2 aromatic carbocycles. The lowest BCUT2D eigenvalue weighted by Crippen LogP contribution is -2.21. The summed E-state index contributed by atoms with van der Waals surface area (Å²) >= 11 is 3.26. The number of carbonyl (C=O) groups excluding carboxylic acids is 1. The monoisotopic (exact) mass is 447 g/mol. The first-order chi connectivity index (χ1) is 13.3. The van der Waals surface area contributed by atoms with Gasteiger partial charge in [0.1, 0.15) is 5.57 Å². The fraction of sp³-hybridized carbons (Fsp3) is 0.111. The maximum atomic E-state index is 12.9. The first-order valence-corrected chi connectivity index (χ1v) is 8.85. The third-order valence-corrected chi connectivity index (χ3v) is 4.51. The Labute approximate surface area is 167 Å². The highest BCUT2D eigenvalue weighted by molar-refractivity contribution is 9.10. The molecule has 10 heteroatoms. The number of aromatic hydroxyl groups is 2. The number of phenols is 2. The van der Waals surface area contributed by atoms with Gasteiger partial charge in [-0.3, -0.25) is 14.9 Å². The van der Waals surface area contributed by atoms with Crippen molar-refractivity contribution in [1.82, 2.24) is 0 Å². The van der Waals surface area contributed by atoms with Crippen LogP contribution in [0.5, 0.6) is 11.5 Å². The van der Waals surface area contributed by atoms with Crippen molar-refractivity contribution < 1.29 is 24.7 Å². The van der Waals surface area contributed by atoms with Crippen LogP contribution in [-0.2, 0) is 9.53 Å². The van der Waals surface area contributed by atoms with Gasteiger partial charge in [0.05, 0.1) is 17.2 Å². The van der Waals surface area contributed by atoms with E-state index in [1.165, 1.54) is 42.5 Å². The Balaban J connectivity index is 2.01. The smallest absolute Gasteiger partial charge is 0.284 e. The van der Waals surface area contributed by atoms with Crippen molar-refractivity contribution in [3.8, 4) is 11.5 Å². The van der Waals surface area contributed by atoms with Crippen LogP contribution in [0, 0.1) is 10.1 Å². The second kappa shape index (κ2) is 7.69. The fourth-order valence-corrected chi connectivity index (χ4v) is 2.93. The number of ether oxygens (including phenoxy) is 1. The average molecular weight is 448 g/mol. The number of carbonyl (C=O) groups is 1. The van der Waals surface area contributed by atoms with Gasteiger partial charge in [-0.15, -0.1) is 5.10 Å². The minimum atomic E-state index is -0.537. The van der Waals surface area contributed by atoms with E-state index in [4.69, 9.17) is 4.74 Å². The van der Waals surface area contributed by atoms with Crippen LogP contribution in [0.25, 0.3) is 6.08 Å². The van der Waals surface area contributed by atoms with E-state index in [-0.39, 0.29) is 35.3 Å². The number of hydrogen-bond donors (Lipinski definition) is 2. The van der Waals surface area contributed by atoms with E-state index in [0.29, 0.717) is 15.7 Å². The zero-order valence-corrected chi connectivity index (χ0v) is 16.1. The first kappa shape index (κ1) is 19.4. The molecule has 9 nitrogen and oxygen atoms in total. The standard InChI is InChI=1S/C18H14BrN3O6/c1-2-28-17-13(7-10-8-15(23)16(24)9-14(10)19)18(25)21(20-17)11-3-5-12(6-4-11)22(26)27/h3-9,23-24H,2H2,1H3. The third-order valence-electron chi connectivity index (χ3n) is 3.82. The van der Waals surface area contributed by atoms with Gasteiger partial charge in [0.15, 0.2) is 11.5 Å². The van der Waals surface area contributed by atoms with Crippen LogP contribution < -0.4 is 5.01 Å². The molecule has 0 aliphatic carbocycles. The molecule has 0 bridgehead atoms. The summed E-state index contributed by atoms with van der Waals surface area (Å²) in [6, 6.07) is 7.96. The Morgan fingerprint density at radius 1 is 1.25 bits per heavy atom. The topological polar surface area (TPSA) is 126 Å². The number of phenolic OH excluding ortho intramolecular Hbond substituents is 2. The summed E-state index contributed by atoms with van der Waals surface area (Å²) in [7, 11) is 0. The molecule has 2 aromatic rings. The van der Waals surface area contributed by atoms with Crippen molar-refractivity contribution in [2.75, 3.05) is 11.6 Å². The van der Waals surface area contributed by atoms with Gasteiger partial charge in [0.25, 0.3) is 11.6 Å². The van der Waals surface area contributed by atoms with Gasteiger partial charge < -0.3 is 14.9 Å². The van der Waals surface area contributed by atoms with Crippen LogP contribution in [0.15, 0.2) is 51.5 Å². The SMILES string of the molecule is CCOC1=NN(c2ccc([N+](=O)[O-])cc2)C(=O)C1=Cc1cc(O)c(O)cc1Br. The second-order valence-electron chi connectivity index (χ2n) is 5.65. The summed E-state index contributed by atoms with van der Waals surface area (Å²) in [6.45, 7) is 2.00. The molecule has 0 atom stereocenters. The van der Waals surface area contributed by atoms with Crippen LogP contribution >= 0.6 is 15.9 Å². The number of nitrogens with zero attached hydrogens (tertiary/aromatic N) is 3. The maximum Gasteiger partial charge on any atom is 0.284 e. The lowest BCUT2D eigenvalue weighted by atomic mass is 10.1. The predicted molar refractivity (Wildman–Crippen MR) is 105 cm³/mol. The number of hydrogen-bond acceptors (Lipinski definition) is 7. The number of nitro groups is 1. The molecule has 1 heterocycles. The maximum absolute atomic E-state index is 12.9. The molecular weight excluding hydrogens is 434 g/mol. The number of amides is 1. The highest BCUT2D eigenvalue weighted by Crippen LogP contribution is 2.34. The summed E-state index contributed by atoms with van der Waals surface area (Å²) in [6.07, 6.45) is 1.46. The van der Waals surface area contributed by atoms with Gasteiger partial charge in [-0.1, -0.05) is 15.9 Å². The zero-order chi connectivity index (χ0) is 20.4. The number of anilines is 1. The summed E-state index contributed by atoms with van der Waals surface area (Å²) < 4.78 is 5.90. The van der Waals surface area contributed by atoms with E-state index in [1.54, 1.807) is 6.92 Å². The van der Waals surface area contributed by atoms with Crippen LogP contribution in [0.1, 0.15) is 12.5 Å². The molecule has 0 unspecified atom stereocenters. The summed E-state index contributed by atoms with van der Waals surface area (Å²) in [5.41, 5.74) is 0.787. The Bertz CT molecular complexity index is 1020. The van der Waals surface area contributed by atoms with Crippen molar-refractivity contribution in [1.29, 1.82) is 0 Å². The van der Waals surface area contributed by atoms with Crippen molar-refractivity contribution >= 4 is 45.2 Å². The van der Waals surface area contributed by atoms with Crippen LogP contribution in [0.2, 0.25) is 0 Å². The molecule has 0 saturated carbocycles. The van der Waals surface area contributed by atoms with Gasteiger partial charge in [0, 0.05) is 16.6 Å². The van der Waals surface area contributed by atoms with E-state index < -0.39 is 10.8 Å². The number of halogens is 1. The largest absolute Gasteiger partial charge is 0.504 e. The summed E-state index contributed by atoms with van der Waals surface area (Å²) in [5.74, 6) is -1.08. The van der Waals surface area contributed by atoms with E-state index >= 15 is 0 Å². The van der Waals surface area contributed by atoms with E-state index in [1.807, 2.05) is 0 Å². The molecule has 1 amide bonds. The number of nitro benzene ring substituents is 1. The average Bonchev–Trinajstić information content (AvgIpc) is 2.96. The summed E-state index contributed by atoms with van der Waals surface area (Å²) in [5, 5.41) is 35.3. The van der Waals surface area contributed by atoms with Crippen molar-refractivity contribution in [3.63, 3.8) is 0 Å². The molecule has 0 aromatic heterocycles. The minimum absolute atomic E-state index is 0.0744. The van der Waals surface area contributed by atoms with Crippen molar-refractivity contribution in [2.24, 2.45) is 5.10 Å². The number of hydrazone groups is 1. The van der Waals surface area contributed by atoms with E-state index in [2.05, 4.69) is 21.0 Å². The van der Waals surface area contributed by atoms with Crippen LogP contribution in [0.4, 0.5) is 11.4 Å². The molecule has 2 N–H and O–H groups in total. The van der Waals surface area contributed by atoms with Crippen molar-refractivity contribution in [2.45, 2.75) is 6.92 Å². The molecule has 144 valence electrons. The highest BCUT2D eigenvalue weighted by Gasteiger charge is 2.33. The minimum Gasteiger partial charge on any atom is -0.504 e. The lowest BCUT2D eigenvalue weighted by Gasteiger charge is -2.10. The van der Waals surface area contributed by atoms with Gasteiger partial charge in [-0.05, 0) is 42.8 Å². The predicted octanol–water partition coefficient (Wildman–Crippen LogP) is 3.55. The first-order valence-electron chi connectivity index (χ1n) is 8.05. The van der Waals surface area contributed by atoms with Gasteiger partial charge in [-0.2, -0.15) is 5.01 Å². The van der Waals surface area contributed by atoms with E-state index in [0.717, 1.165) is 5.01 Å². The fourth-order valence-electron chi connectivity index (χ4n) is 2.49. The molecule has 0 saturated heterocycles. The van der Waals surface area contributed by atoms with E-state index in [9.17, 15) is 25.1 Å². The lowest BCUT2D eigenvalue weighted by molar-refractivity contribution is -0.384. The molecular formula is C18H14BrN3O6. The Morgan fingerprint density at radius 3 is 2.50 bits per heavy atom. The Morgan fingerprint density at radius 2 is 1.89 bits per heavy atom. The zero-order valence-electron chi connectivity index (χ0n) is 14.5. The normalized spacial score (nSPS) is 15.1. The third kappa shape index (κ3) is 3.67. The van der Waals surface area contributed by atoms with Crippen LogP contribution in [-0.4, -0.2) is 33.5 Å². The summed E-state index contributed by atoms with van der Waals surface area (Å²) in [4.78, 5) is 23.1. The van der Waals surface area contributed by atoms with Gasteiger partial charge in [0.2, 0.25) is 5.90 Å². The Hall–Kier alpha value is -3.40.